The van der Waals surface area contributed by atoms with Crippen molar-refractivity contribution in [1.82, 2.24) is 5.43 Å². The zero-order valence-corrected chi connectivity index (χ0v) is 10.8. The van der Waals surface area contributed by atoms with Gasteiger partial charge < -0.3 is 20.1 Å². The molecule has 0 saturated heterocycles. The Balaban J connectivity index is 2.05. The molecule has 0 radical (unpaired) electrons. The van der Waals surface area contributed by atoms with E-state index in [1.54, 1.807) is 24.3 Å². The number of benzene rings is 1. The van der Waals surface area contributed by atoms with Gasteiger partial charge in [-0.3, -0.25) is 0 Å². The van der Waals surface area contributed by atoms with Crippen molar-refractivity contribution in [3.63, 3.8) is 0 Å². The van der Waals surface area contributed by atoms with Crippen LogP contribution in [0.2, 0.25) is 0 Å². The number of rotatable bonds is 4. The largest absolute Gasteiger partial charge is 0.843 e. The summed E-state index contributed by atoms with van der Waals surface area (Å²) >= 11 is 3.22. The lowest BCUT2D eigenvalue weighted by Gasteiger charge is -2.47. The predicted molar refractivity (Wildman–Crippen MR) is 65.3 cm³/mol. The van der Waals surface area contributed by atoms with Crippen molar-refractivity contribution in [2.24, 2.45) is 5.10 Å². The number of hydrazone groups is 1. The predicted octanol–water partition coefficient (Wildman–Crippen LogP) is 0.497. The van der Waals surface area contributed by atoms with E-state index in [-0.39, 0.29) is 5.56 Å². The van der Waals surface area contributed by atoms with Crippen LogP contribution >= 0.6 is 15.9 Å². The standard InChI is InChI=1S/C12H9BrN2O3/c13-10-5-3-9(4-6-10)12(16,17)15-14-8-11-2-1-7-18-11/h1-8,15H/q-2/b14-8+. The van der Waals surface area contributed by atoms with Gasteiger partial charge in [0.05, 0.1) is 12.5 Å². The van der Waals surface area contributed by atoms with Crippen LogP contribution in [-0.4, -0.2) is 6.21 Å². The lowest BCUT2D eigenvalue weighted by atomic mass is 10.2. The molecular formula is C12H9BrN2O3-2. The smallest absolute Gasteiger partial charge is 0.146 e. The Morgan fingerprint density at radius 2 is 1.94 bits per heavy atom. The van der Waals surface area contributed by atoms with Crippen LogP contribution in [0.25, 0.3) is 0 Å². The van der Waals surface area contributed by atoms with E-state index in [9.17, 15) is 10.2 Å². The quantitative estimate of drug-likeness (QED) is 0.506. The first-order valence-electron chi connectivity index (χ1n) is 5.08. The highest BCUT2D eigenvalue weighted by Gasteiger charge is 2.03. The molecule has 0 fully saturated rings. The number of nitrogens with one attached hydrogen (secondary N) is 1. The molecule has 2 rings (SSSR count). The first-order valence-corrected chi connectivity index (χ1v) is 5.88. The first-order chi connectivity index (χ1) is 8.58. The molecule has 94 valence electrons. The summed E-state index contributed by atoms with van der Waals surface area (Å²) in [5.74, 6) is -2.28. The highest BCUT2D eigenvalue weighted by atomic mass is 79.9. The molecule has 5 nitrogen and oxygen atoms in total. The van der Waals surface area contributed by atoms with Gasteiger partial charge >= 0.3 is 0 Å². The molecule has 1 heterocycles. The number of hydrogen-bond acceptors (Lipinski definition) is 5. The van der Waals surface area contributed by atoms with Gasteiger partial charge in [-0.2, -0.15) is 5.10 Å². The van der Waals surface area contributed by atoms with Crippen LogP contribution in [0.15, 0.2) is 56.7 Å². The minimum atomic E-state index is -2.73. The fourth-order valence-corrected chi connectivity index (χ4v) is 1.54. The van der Waals surface area contributed by atoms with Crippen molar-refractivity contribution in [3.05, 3.63) is 58.5 Å². The topological polar surface area (TPSA) is 83.6 Å². The van der Waals surface area contributed by atoms with Crippen molar-refractivity contribution in [2.45, 2.75) is 5.91 Å². The second-order valence-electron chi connectivity index (χ2n) is 3.51. The molecule has 18 heavy (non-hydrogen) atoms. The average molecular weight is 309 g/mol. The van der Waals surface area contributed by atoms with Gasteiger partial charge in [-0.05, 0) is 24.3 Å². The third kappa shape index (κ3) is 3.19. The molecule has 0 aliphatic heterocycles. The fourth-order valence-electron chi connectivity index (χ4n) is 1.28. The van der Waals surface area contributed by atoms with Gasteiger partial charge in [0.1, 0.15) is 5.76 Å². The Bertz CT molecular complexity index is 521. The average Bonchev–Trinajstić information content (AvgIpc) is 2.82. The summed E-state index contributed by atoms with van der Waals surface area (Å²) < 4.78 is 5.76. The highest BCUT2D eigenvalue weighted by molar-refractivity contribution is 9.10. The van der Waals surface area contributed by atoms with Gasteiger partial charge in [0.25, 0.3) is 0 Å². The number of furan rings is 1. The summed E-state index contributed by atoms with van der Waals surface area (Å²) in [6.07, 6.45) is 2.74. The summed E-state index contributed by atoms with van der Waals surface area (Å²) in [5.41, 5.74) is 2.07. The van der Waals surface area contributed by atoms with Crippen LogP contribution < -0.4 is 15.6 Å². The van der Waals surface area contributed by atoms with Crippen LogP contribution in [-0.2, 0) is 5.91 Å². The Morgan fingerprint density at radius 1 is 1.22 bits per heavy atom. The molecule has 1 N–H and O–H groups in total. The van der Waals surface area contributed by atoms with Crippen LogP contribution in [0.1, 0.15) is 11.3 Å². The molecule has 0 atom stereocenters. The number of halogens is 1. The third-order valence-electron chi connectivity index (χ3n) is 2.17. The molecule has 0 spiro atoms. The van der Waals surface area contributed by atoms with Crippen molar-refractivity contribution < 1.29 is 14.6 Å². The SMILES string of the molecule is [O-]C([O-])(N/N=C/c1ccco1)c1ccc(Br)cc1. The maximum atomic E-state index is 11.7. The van der Waals surface area contributed by atoms with E-state index >= 15 is 0 Å². The van der Waals surface area contributed by atoms with Crippen LogP contribution in [0.5, 0.6) is 0 Å². The second-order valence-corrected chi connectivity index (χ2v) is 4.42. The Labute approximate surface area is 112 Å². The van der Waals surface area contributed by atoms with Crippen molar-refractivity contribution in [1.29, 1.82) is 0 Å². The van der Waals surface area contributed by atoms with Crippen LogP contribution in [0, 0.1) is 0 Å². The second kappa shape index (κ2) is 5.34. The first kappa shape index (κ1) is 12.8. The molecule has 0 aliphatic rings. The van der Waals surface area contributed by atoms with E-state index in [1.807, 2.05) is 5.43 Å². The van der Waals surface area contributed by atoms with Gasteiger partial charge in [-0.25, -0.2) is 0 Å². The Hall–Kier alpha value is -1.63. The minimum absolute atomic E-state index is 0.0577. The van der Waals surface area contributed by atoms with Crippen LogP contribution in [0.3, 0.4) is 0 Å². The molecule has 0 amide bonds. The van der Waals surface area contributed by atoms with Gasteiger partial charge in [0.2, 0.25) is 0 Å². The summed E-state index contributed by atoms with van der Waals surface area (Å²) in [4.78, 5) is 0. The van der Waals surface area contributed by atoms with Gasteiger partial charge in [0.15, 0.2) is 0 Å². The highest BCUT2D eigenvalue weighted by Crippen LogP contribution is 2.14. The lowest BCUT2D eigenvalue weighted by Crippen LogP contribution is -2.61. The molecule has 6 heteroatoms. The lowest BCUT2D eigenvalue weighted by molar-refractivity contribution is -0.745. The summed E-state index contributed by atoms with van der Waals surface area (Å²) in [7, 11) is 0. The van der Waals surface area contributed by atoms with E-state index in [1.165, 1.54) is 24.6 Å². The Morgan fingerprint density at radius 3 is 2.56 bits per heavy atom. The number of hydrogen-bond donors (Lipinski definition) is 1. The van der Waals surface area contributed by atoms with E-state index in [0.717, 1.165) is 4.47 Å². The molecule has 0 bridgehead atoms. The van der Waals surface area contributed by atoms with Gasteiger partial charge in [-0.15, -0.1) is 0 Å². The summed E-state index contributed by atoms with van der Waals surface area (Å²) in [5, 5.41) is 27.0. The van der Waals surface area contributed by atoms with Crippen molar-refractivity contribution in [2.75, 3.05) is 0 Å². The molecule has 1 aromatic heterocycles. The molecule has 0 saturated carbocycles. The minimum Gasteiger partial charge on any atom is -0.843 e. The van der Waals surface area contributed by atoms with Gasteiger partial charge in [0, 0.05) is 4.47 Å². The van der Waals surface area contributed by atoms with Crippen molar-refractivity contribution in [3.8, 4) is 0 Å². The van der Waals surface area contributed by atoms with E-state index in [4.69, 9.17) is 4.42 Å². The maximum absolute atomic E-state index is 11.7. The molecule has 0 aliphatic carbocycles. The van der Waals surface area contributed by atoms with Crippen LogP contribution in [0.4, 0.5) is 0 Å². The van der Waals surface area contributed by atoms with Gasteiger partial charge in [-0.1, -0.05) is 39.5 Å². The normalized spacial score (nSPS) is 11.9. The van der Waals surface area contributed by atoms with E-state index < -0.39 is 5.91 Å². The fraction of sp³-hybridized carbons (Fsp3) is 0.0833. The molecule has 0 unspecified atom stereocenters. The molecule has 2 aromatic rings. The molecular weight excluding hydrogens is 300 g/mol. The summed E-state index contributed by atoms with van der Waals surface area (Å²) in [6.45, 7) is 0. The van der Waals surface area contributed by atoms with E-state index in [0.29, 0.717) is 5.76 Å². The zero-order chi connectivity index (χ0) is 13.0. The maximum Gasteiger partial charge on any atom is 0.146 e. The monoisotopic (exact) mass is 308 g/mol. The van der Waals surface area contributed by atoms with E-state index in [2.05, 4.69) is 21.0 Å². The Kier molecular flexibility index (Phi) is 3.81. The number of nitrogens with zero attached hydrogens (tertiary/aromatic N) is 1. The molecule has 1 aromatic carbocycles. The summed E-state index contributed by atoms with van der Waals surface area (Å²) in [6, 6.07) is 9.47. The zero-order valence-electron chi connectivity index (χ0n) is 9.17. The third-order valence-corrected chi connectivity index (χ3v) is 2.70. The van der Waals surface area contributed by atoms with Crippen molar-refractivity contribution >= 4 is 22.1 Å².